The fourth-order valence-electron chi connectivity index (χ4n) is 3.79. The van der Waals surface area contributed by atoms with E-state index in [9.17, 15) is 19.8 Å². The second-order valence-corrected chi connectivity index (χ2v) is 8.80. The van der Waals surface area contributed by atoms with Crippen molar-refractivity contribution >= 4 is 34.5 Å². The van der Waals surface area contributed by atoms with E-state index in [-0.39, 0.29) is 11.3 Å². The van der Waals surface area contributed by atoms with E-state index in [0.29, 0.717) is 5.56 Å². The fourth-order valence-corrected chi connectivity index (χ4v) is 5.51. The predicted octanol–water partition coefficient (Wildman–Crippen LogP) is 2.03. The summed E-state index contributed by atoms with van der Waals surface area (Å²) in [5.74, 6) is -1.96. The molecule has 0 saturated carbocycles. The summed E-state index contributed by atoms with van der Waals surface area (Å²) < 4.78 is -0.595. The van der Waals surface area contributed by atoms with Crippen LogP contribution in [0.1, 0.15) is 25.5 Å². The van der Waals surface area contributed by atoms with Crippen LogP contribution in [0.2, 0.25) is 0 Å². The van der Waals surface area contributed by atoms with E-state index >= 15 is 0 Å². The second kappa shape index (κ2) is 5.44. The van der Waals surface area contributed by atoms with Crippen LogP contribution < -0.4 is 0 Å². The Kier molecular flexibility index (Phi) is 3.56. The summed E-state index contributed by atoms with van der Waals surface area (Å²) in [5.41, 5.74) is 1.40. The highest BCUT2D eigenvalue weighted by Gasteiger charge is 2.65. The van der Waals surface area contributed by atoms with Gasteiger partial charge in [-0.3, -0.25) is 9.78 Å². The van der Waals surface area contributed by atoms with Crippen molar-refractivity contribution in [3.05, 3.63) is 42.1 Å². The molecule has 0 aliphatic carbocycles. The summed E-state index contributed by atoms with van der Waals surface area (Å²) in [6.07, 6.45) is 0.587. The van der Waals surface area contributed by atoms with Crippen molar-refractivity contribution in [2.24, 2.45) is 5.92 Å². The number of aromatic nitrogens is 1. The average molecular weight is 358 g/mol. The molecule has 2 saturated heterocycles. The maximum Gasteiger partial charge on any atom is 0.327 e. The van der Waals surface area contributed by atoms with Crippen LogP contribution in [0.15, 0.2) is 36.5 Å². The van der Waals surface area contributed by atoms with Gasteiger partial charge in [0.25, 0.3) is 0 Å². The summed E-state index contributed by atoms with van der Waals surface area (Å²) in [6, 6.07) is 8.54. The van der Waals surface area contributed by atoms with Crippen LogP contribution in [0, 0.1) is 5.92 Å². The third kappa shape index (κ3) is 2.33. The van der Waals surface area contributed by atoms with Crippen LogP contribution in [0.5, 0.6) is 0 Å². The molecule has 2 aliphatic heterocycles. The highest BCUT2D eigenvalue weighted by Crippen LogP contribution is 2.55. The maximum atomic E-state index is 12.6. The van der Waals surface area contributed by atoms with Crippen molar-refractivity contribution in [2.45, 2.75) is 36.1 Å². The molecule has 1 amide bonds. The lowest BCUT2D eigenvalue weighted by molar-refractivity contribution is -0.169. The Morgan fingerprint density at radius 2 is 2.08 bits per heavy atom. The van der Waals surface area contributed by atoms with Crippen LogP contribution in [-0.4, -0.2) is 48.1 Å². The Morgan fingerprint density at radius 3 is 2.80 bits per heavy atom. The number of β-lactam (4-membered cyclic amide) rings is 1. The van der Waals surface area contributed by atoms with Gasteiger partial charge in [-0.05, 0) is 26.0 Å². The molecule has 2 aliphatic rings. The first kappa shape index (κ1) is 16.4. The van der Waals surface area contributed by atoms with Gasteiger partial charge in [0.15, 0.2) is 0 Å². The average Bonchev–Trinajstić information content (AvgIpc) is 2.82. The number of carbonyl (C=O) groups is 2. The molecular formula is C18H18N2O4S. The van der Waals surface area contributed by atoms with Crippen molar-refractivity contribution in [3.63, 3.8) is 0 Å². The molecule has 2 aromatic rings. The normalized spacial score (nSPS) is 28.5. The van der Waals surface area contributed by atoms with Crippen molar-refractivity contribution in [1.82, 2.24) is 9.88 Å². The van der Waals surface area contributed by atoms with E-state index < -0.39 is 28.8 Å². The highest BCUT2D eigenvalue weighted by atomic mass is 32.2. The van der Waals surface area contributed by atoms with E-state index in [1.807, 2.05) is 44.2 Å². The molecule has 4 rings (SSSR count). The topological polar surface area (TPSA) is 90.7 Å². The van der Waals surface area contributed by atoms with E-state index in [0.717, 1.165) is 10.9 Å². The SMILES string of the molecule is CC1(C)S[C@@H]2[C@@H](C(O)c3cnc4ccccc4c3)C(=O)N2[C@H]1C(=O)O. The maximum absolute atomic E-state index is 12.6. The highest BCUT2D eigenvalue weighted by molar-refractivity contribution is 8.01. The van der Waals surface area contributed by atoms with Gasteiger partial charge in [-0.25, -0.2) is 4.79 Å². The number of nitrogens with zero attached hydrogens (tertiary/aromatic N) is 2. The molecule has 1 aromatic heterocycles. The predicted molar refractivity (Wildman–Crippen MR) is 93.9 cm³/mol. The van der Waals surface area contributed by atoms with Gasteiger partial charge in [0.1, 0.15) is 6.04 Å². The van der Waals surface area contributed by atoms with Gasteiger partial charge < -0.3 is 15.1 Å². The molecule has 1 unspecified atom stereocenters. The van der Waals surface area contributed by atoms with E-state index in [4.69, 9.17) is 0 Å². The molecule has 2 N–H and O–H groups in total. The number of aliphatic carboxylic acids is 1. The summed E-state index contributed by atoms with van der Waals surface area (Å²) in [7, 11) is 0. The Bertz CT molecular complexity index is 884. The number of carboxylic acids is 1. The Labute approximate surface area is 148 Å². The minimum atomic E-state index is -1.01. The van der Waals surface area contributed by atoms with E-state index in [1.54, 1.807) is 6.20 Å². The van der Waals surface area contributed by atoms with Gasteiger partial charge in [-0.15, -0.1) is 11.8 Å². The van der Waals surface area contributed by atoms with Gasteiger partial charge >= 0.3 is 5.97 Å². The lowest BCUT2D eigenvalue weighted by atomic mass is 9.85. The number of aliphatic hydroxyl groups is 1. The third-order valence-electron chi connectivity index (χ3n) is 5.01. The molecule has 4 atom stereocenters. The Balaban J connectivity index is 1.64. The summed E-state index contributed by atoms with van der Waals surface area (Å²) in [5, 5.41) is 20.8. The first-order valence-electron chi connectivity index (χ1n) is 8.07. The van der Waals surface area contributed by atoms with Gasteiger partial charge in [0.05, 0.1) is 22.9 Å². The number of hydrogen-bond acceptors (Lipinski definition) is 5. The van der Waals surface area contributed by atoms with Gasteiger partial charge in [0.2, 0.25) is 5.91 Å². The number of rotatable bonds is 3. The van der Waals surface area contributed by atoms with Crippen LogP contribution in [-0.2, 0) is 9.59 Å². The summed E-state index contributed by atoms with van der Waals surface area (Å²) in [4.78, 5) is 29.9. The smallest absolute Gasteiger partial charge is 0.327 e. The Morgan fingerprint density at radius 1 is 1.36 bits per heavy atom. The van der Waals surface area contributed by atoms with E-state index in [1.165, 1.54) is 16.7 Å². The minimum Gasteiger partial charge on any atom is -0.480 e. The van der Waals surface area contributed by atoms with Crippen LogP contribution in [0.25, 0.3) is 10.9 Å². The molecule has 130 valence electrons. The molecule has 0 radical (unpaired) electrons. The molecular weight excluding hydrogens is 340 g/mol. The number of thioether (sulfide) groups is 1. The summed E-state index contributed by atoms with van der Waals surface area (Å²) in [6.45, 7) is 3.64. The van der Waals surface area contributed by atoms with Crippen LogP contribution in [0.3, 0.4) is 0 Å². The molecule has 1 aromatic carbocycles. The number of amides is 1. The zero-order valence-electron chi connectivity index (χ0n) is 13.8. The molecule has 0 spiro atoms. The van der Waals surface area contributed by atoms with Crippen molar-refractivity contribution in [1.29, 1.82) is 0 Å². The second-order valence-electron chi connectivity index (χ2n) is 7.03. The number of para-hydroxylation sites is 1. The minimum absolute atomic E-state index is 0.309. The number of hydrogen-bond donors (Lipinski definition) is 2. The van der Waals surface area contributed by atoms with Crippen molar-refractivity contribution in [2.75, 3.05) is 0 Å². The number of aliphatic hydroxyl groups excluding tert-OH is 1. The fraction of sp³-hybridized carbons (Fsp3) is 0.389. The zero-order valence-corrected chi connectivity index (χ0v) is 14.6. The number of fused-ring (bicyclic) bond motifs is 2. The third-order valence-corrected chi connectivity index (χ3v) is 6.60. The first-order chi connectivity index (χ1) is 11.8. The number of pyridine rings is 1. The van der Waals surface area contributed by atoms with Crippen molar-refractivity contribution < 1.29 is 19.8 Å². The Hall–Kier alpha value is -2.12. The molecule has 0 bridgehead atoms. The van der Waals surface area contributed by atoms with Gasteiger partial charge in [0, 0.05) is 21.9 Å². The number of carbonyl (C=O) groups excluding carboxylic acids is 1. The first-order valence-corrected chi connectivity index (χ1v) is 8.95. The number of carboxylic acid groups (broad SMARTS) is 1. The lowest BCUT2D eigenvalue weighted by Gasteiger charge is -2.45. The zero-order chi connectivity index (χ0) is 17.9. The molecule has 2 fully saturated rings. The largest absolute Gasteiger partial charge is 0.480 e. The summed E-state index contributed by atoms with van der Waals surface area (Å²) >= 11 is 1.44. The van der Waals surface area contributed by atoms with Gasteiger partial charge in [-0.2, -0.15) is 0 Å². The quantitative estimate of drug-likeness (QED) is 0.816. The van der Waals surface area contributed by atoms with Crippen molar-refractivity contribution in [3.8, 4) is 0 Å². The molecule has 25 heavy (non-hydrogen) atoms. The van der Waals surface area contributed by atoms with Gasteiger partial charge in [-0.1, -0.05) is 18.2 Å². The lowest BCUT2D eigenvalue weighted by Crippen LogP contribution is -2.63. The van der Waals surface area contributed by atoms with Crippen LogP contribution in [0.4, 0.5) is 0 Å². The monoisotopic (exact) mass is 358 g/mol. The van der Waals surface area contributed by atoms with Crippen LogP contribution >= 0.6 is 11.8 Å². The van der Waals surface area contributed by atoms with E-state index in [2.05, 4.69) is 4.98 Å². The standard InChI is InChI=1S/C18H18N2O4S/c1-18(2)14(17(23)24)20-15(22)12(16(20)25-18)13(21)10-7-9-5-3-4-6-11(9)19-8-10/h3-8,12-14,16,21H,1-2H3,(H,23,24)/t12-,13?,14-,16+/m0/s1. The number of benzene rings is 1. The molecule has 7 heteroatoms. The molecule has 3 heterocycles. The molecule has 6 nitrogen and oxygen atoms in total.